The third kappa shape index (κ3) is 4.40. The molecule has 0 bridgehead atoms. The Morgan fingerprint density at radius 1 is 1.40 bits per heavy atom. The SMILES string of the molecule is CC(C)N(C)C(=O)CNc1ccc(Br)cc1C(F)(F)F. The molecule has 0 atom stereocenters. The minimum absolute atomic E-state index is 0.00342. The molecule has 20 heavy (non-hydrogen) atoms. The summed E-state index contributed by atoms with van der Waals surface area (Å²) in [5.74, 6) is -0.268. The van der Waals surface area contributed by atoms with Gasteiger partial charge in [0.15, 0.2) is 0 Å². The number of carbonyl (C=O) groups excluding carboxylic acids is 1. The average molecular weight is 353 g/mol. The Balaban J connectivity index is 2.86. The van der Waals surface area contributed by atoms with Crippen LogP contribution in [0.1, 0.15) is 19.4 Å². The molecule has 7 heteroatoms. The summed E-state index contributed by atoms with van der Waals surface area (Å²) in [4.78, 5) is 13.2. The summed E-state index contributed by atoms with van der Waals surface area (Å²) in [6, 6.07) is 3.78. The van der Waals surface area contributed by atoms with Gasteiger partial charge in [0.2, 0.25) is 5.91 Å². The topological polar surface area (TPSA) is 32.3 Å². The average Bonchev–Trinajstić information content (AvgIpc) is 2.34. The lowest BCUT2D eigenvalue weighted by Gasteiger charge is -2.22. The molecule has 112 valence electrons. The summed E-state index contributed by atoms with van der Waals surface area (Å²) >= 11 is 3.01. The first-order valence-electron chi connectivity index (χ1n) is 5.99. The molecule has 0 spiro atoms. The van der Waals surface area contributed by atoms with Crippen LogP contribution in [0.3, 0.4) is 0 Å². The number of amides is 1. The lowest BCUT2D eigenvalue weighted by molar-refractivity contribution is -0.137. The zero-order valence-electron chi connectivity index (χ0n) is 11.4. The van der Waals surface area contributed by atoms with Gasteiger partial charge in [0.25, 0.3) is 0 Å². The molecule has 0 aliphatic heterocycles. The molecule has 0 aromatic heterocycles. The van der Waals surface area contributed by atoms with E-state index in [0.717, 1.165) is 6.07 Å². The first-order chi connectivity index (χ1) is 9.12. The lowest BCUT2D eigenvalue weighted by atomic mass is 10.1. The zero-order valence-corrected chi connectivity index (χ0v) is 13.0. The minimum Gasteiger partial charge on any atom is -0.376 e. The summed E-state index contributed by atoms with van der Waals surface area (Å²) < 4.78 is 39.0. The molecule has 0 saturated carbocycles. The molecule has 1 aromatic rings. The van der Waals surface area contributed by atoms with Crippen molar-refractivity contribution < 1.29 is 18.0 Å². The number of nitrogens with zero attached hydrogens (tertiary/aromatic N) is 1. The van der Waals surface area contributed by atoms with Crippen LogP contribution >= 0.6 is 15.9 Å². The third-order valence-electron chi connectivity index (χ3n) is 2.89. The Labute approximate surface area is 124 Å². The maximum atomic E-state index is 12.9. The molecule has 1 rings (SSSR count). The standard InChI is InChI=1S/C13H16BrF3N2O/c1-8(2)19(3)12(20)7-18-11-5-4-9(14)6-10(11)13(15,16)17/h4-6,8,18H,7H2,1-3H3. The Morgan fingerprint density at radius 3 is 2.50 bits per heavy atom. The fourth-order valence-corrected chi connectivity index (χ4v) is 1.85. The second kappa shape index (κ2) is 6.47. The van der Waals surface area contributed by atoms with Crippen LogP contribution < -0.4 is 5.32 Å². The second-order valence-electron chi connectivity index (χ2n) is 4.64. The summed E-state index contributed by atoms with van der Waals surface area (Å²) in [6.45, 7) is 3.48. The number of alkyl halides is 3. The van der Waals surface area contributed by atoms with Gasteiger partial charge < -0.3 is 10.2 Å². The number of hydrogen-bond donors (Lipinski definition) is 1. The smallest absolute Gasteiger partial charge is 0.376 e. The molecule has 0 fully saturated rings. The fraction of sp³-hybridized carbons (Fsp3) is 0.462. The van der Waals surface area contributed by atoms with Gasteiger partial charge in [-0.05, 0) is 32.0 Å². The minimum atomic E-state index is -4.47. The van der Waals surface area contributed by atoms with Gasteiger partial charge in [-0.1, -0.05) is 15.9 Å². The van der Waals surface area contributed by atoms with Crippen LogP contribution in [-0.2, 0) is 11.0 Å². The molecule has 1 amide bonds. The Bertz CT molecular complexity index is 489. The number of anilines is 1. The van der Waals surface area contributed by atoms with Crippen molar-refractivity contribution in [3.05, 3.63) is 28.2 Å². The highest BCUT2D eigenvalue weighted by Crippen LogP contribution is 2.36. The predicted octanol–water partition coefficient (Wildman–Crippen LogP) is 3.75. The Morgan fingerprint density at radius 2 is 2.00 bits per heavy atom. The first kappa shape index (κ1) is 16.8. The maximum Gasteiger partial charge on any atom is 0.418 e. The number of benzene rings is 1. The zero-order chi connectivity index (χ0) is 15.5. The van der Waals surface area contributed by atoms with Crippen molar-refractivity contribution in [1.82, 2.24) is 4.90 Å². The number of halogens is 4. The summed E-state index contributed by atoms with van der Waals surface area (Å²) in [6.07, 6.45) is -4.47. The van der Waals surface area contributed by atoms with E-state index in [4.69, 9.17) is 0 Å². The van der Waals surface area contributed by atoms with Gasteiger partial charge in [0, 0.05) is 23.2 Å². The third-order valence-corrected chi connectivity index (χ3v) is 3.38. The number of rotatable bonds is 4. The fourth-order valence-electron chi connectivity index (χ4n) is 1.49. The van der Waals surface area contributed by atoms with Crippen molar-refractivity contribution >= 4 is 27.5 Å². The Kier molecular flexibility index (Phi) is 5.44. The molecule has 0 saturated heterocycles. The largest absolute Gasteiger partial charge is 0.418 e. The number of carbonyl (C=O) groups is 1. The number of hydrogen-bond acceptors (Lipinski definition) is 2. The lowest BCUT2D eigenvalue weighted by Crippen LogP contribution is -2.37. The van der Waals surface area contributed by atoms with Gasteiger partial charge in [-0.2, -0.15) is 13.2 Å². The van der Waals surface area contributed by atoms with Gasteiger partial charge >= 0.3 is 6.18 Å². The van der Waals surface area contributed by atoms with Crippen LogP contribution in [0, 0.1) is 0 Å². The predicted molar refractivity (Wildman–Crippen MR) is 75.5 cm³/mol. The molecular formula is C13H16BrF3N2O. The van der Waals surface area contributed by atoms with E-state index >= 15 is 0 Å². The van der Waals surface area contributed by atoms with Crippen LogP contribution in [-0.4, -0.2) is 30.4 Å². The van der Waals surface area contributed by atoms with Crippen LogP contribution in [0.25, 0.3) is 0 Å². The van der Waals surface area contributed by atoms with Crippen LogP contribution in [0.15, 0.2) is 22.7 Å². The van der Waals surface area contributed by atoms with Crippen molar-refractivity contribution in [2.75, 3.05) is 18.9 Å². The van der Waals surface area contributed by atoms with Crippen molar-refractivity contribution in [1.29, 1.82) is 0 Å². The van der Waals surface area contributed by atoms with Crippen LogP contribution in [0.4, 0.5) is 18.9 Å². The van der Waals surface area contributed by atoms with Crippen LogP contribution in [0.2, 0.25) is 0 Å². The van der Waals surface area contributed by atoms with Crippen molar-refractivity contribution in [3.8, 4) is 0 Å². The molecule has 0 unspecified atom stereocenters. The van der Waals surface area contributed by atoms with Crippen molar-refractivity contribution in [2.24, 2.45) is 0 Å². The molecule has 1 N–H and O–H groups in total. The number of nitrogens with one attached hydrogen (secondary N) is 1. The molecule has 0 heterocycles. The van der Waals surface area contributed by atoms with Gasteiger partial charge in [0.1, 0.15) is 0 Å². The highest BCUT2D eigenvalue weighted by atomic mass is 79.9. The van der Waals surface area contributed by atoms with E-state index in [9.17, 15) is 18.0 Å². The van der Waals surface area contributed by atoms with Crippen LogP contribution in [0.5, 0.6) is 0 Å². The highest BCUT2D eigenvalue weighted by Gasteiger charge is 2.33. The van der Waals surface area contributed by atoms with Crippen molar-refractivity contribution in [3.63, 3.8) is 0 Å². The van der Waals surface area contributed by atoms with Gasteiger partial charge in [-0.15, -0.1) is 0 Å². The molecule has 1 aromatic carbocycles. The van der Waals surface area contributed by atoms with Gasteiger partial charge in [0.05, 0.1) is 12.1 Å². The normalized spacial score (nSPS) is 11.6. The molecular weight excluding hydrogens is 337 g/mol. The van der Waals surface area contributed by atoms with E-state index < -0.39 is 11.7 Å². The molecule has 3 nitrogen and oxygen atoms in total. The second-order valence-corrected chi connectivity index (χ2v) is 5.56. The monoisotopic (exact) mass is 352 g/mol. The van der Waals surface area contributed by atoms with E-state index in [1.807, 2.05) is 13.8 Å². The van der Waals surface area contributed by atoms with E-state index in [1.165, 1.54) is 17.0 Å². The van der Waals surface area contributed by atoms with Gasteiger partial charge in [-0.3, -0.25) is 4.79 Å². The summed E-state index contributed by atoms with van der Waals surface area (Å²) in [5.41, 5.74) is -0.905. The van der Waals surface area contributed by atoms with E-state index in [0.29, 0.717) is 4.47 Å². The van der Waals surface area contributed by atoms with E-state index in [2.05, 4.69) is 21.2 Å². The molecule has 0 aliphatic rings. The summed E-state index contributed by atoms with van der Waals surface area (Å²) in [5, 5.41) is 2.55. The van der Waals surface area contributed by atoms with Crippen molar-refractivity contribution in [2.45, 2.75) is 26.1 Å². The van der Waals surface area contributed by atoms with E-state index in [1.54, 1.807) is 7.05 Å². The highest BCUT2D eigenvalue weighted by molar-refractivity contribution is 9.10. The molecule has 0 radical (unpaired) electrons. The first-order valence-corrected chi connectivity index (χ1v) is 6.78. The van der Waals surface area contributed by atoms with E-state index in [-0.39, 0.29) is 24.2 Å². The van der Waals surface area contributed by atoms with Gasteiger partial charge in [-0.25, -0.2) is 0 Å². The maximum absolute atomic E-state index is 12.9. The number of likely N-dealkylation sites (N-methyl/N-ethyl adjacent to an activating group) is 1. The molecule has 0 aliphatic carbocycles. The Hall–Kier alpha value is -1.24. The summed E-state index contributed by atoms with van der Waals surface area (Å²) in [7, 11) is 1.61. The quantitative estimate of drug-likeness (QED) is 0.894.